The molecule has 8 nitrogen and oxygen atoms in total. The number of anilines is 1. The molecule has 2 amide bonds. The van der Waals surface area contributed by atoms with Gasteiger partial charge in [-0.15, -0.1) is 11.3 Å². The summed E-state index contributed by atoms with van der Waals surface area (Å²) in [6.07, 6.45) is 0.800. The van der Waals surface area contributed by atoms with Gasteiger partial charge in [-0.1, -0.05) is 30.3 Å². The smallest absolute Gasteiger partial charge is 0.407 e. The summed E-state index contributed by atoms with van der Waals surface area (Å²) < 4.78 is 0.787. The number of primary amides is 1. The van der Waals surface area contributed by atoms with Gasteiger partial charge in [-0.05, 0) is 18.1 Å². The molecule has 0 unspecified atom stereocenters. The molecule has 3 aromatic rings. The standard InChI is InChI=1S/C21H19N5O3S/c22-9-13-10-24-20(15-8-17(30-18(13)15)12-4-2-1-3-5-12)25-16-11-26(21(28)29)7-6-14(16)19(23)27/h1-5,8,10,14,16H,6-7,11H2,(H2,23,27)(H,24,25)(H,28,29)/t14-,16+/m0/s1. The number of hydrogen-bond acceptors (Lipinski definition) is 6. The fourth-order valence-corrected chi connectivity index (χ4v) is 4.88. The second kappa shape index (κ2) is 8.00. The van der Waals surface area contributed by atoms with E-state index >= 15 is 0 Å². The Kier molecular flexibility index (Phi) is 5.25. The number of likely N-dealkylation sites (tertiary alicyclic amines) is 1. The molecule has 3 heterocycles. The summed E-state index contributed by atoms with van der Waals surface area (Å²) in [7, 11) is 0. The van der Waals surface area contributed by atoms with Crippen molar-refractivity contribution < 1.29 is 14.7 Å². The number of carbonyl (C=O) groups excluding carboxylic acids is 1. The van der Waals surface area contributed by atoms with Crippen molar-refractivity contribution in [3.05, 3.63) is 48.2 Å². The maximum atomic E-state index is 11.9. The zero-order valence-corrected chi connectivity index (χ0v) is 16.7. The Morgan fingerprint density at radius 2 is 2.10 bits per heavy atom. The lowest BCUT2D eigenvalue weighted by Gasteiger charge is -2.36. The minimum atomic E-state index is -1.04. The van der Waals surface area contributed by atoms with Crippen LogP contribution in [0.1, 0.15) is 12.0 Å². The van der Waals surface area contributed by atoms with Gasteiger partial charge in [0, 0.05) is 29.5 Å². The Hall–Kier alpha value is -3.64. The zero-order valence-electron chi connectivity index (χ0n) is 15.9. The monoisotopic (exact) mass is 421 g/mol. The Balaban J connectivity index is 1.74. The highest BCUT2D eigenvalue weighted by atomic mass is 32.1. The topological polar surface area (TPSA) is 132 Å². The number of aromatic nitrogens is 1. The van der Waals surface area contributed by atoms with Gasteiger partial charge in [0.2, 0.25) is 5.91 Å². The van der Waals surface area contributed by atoms with E-state index in [-0.39, 0.29) is 13.1 Å². The molecule has 1 aromatic carbocycles. The summed E-state index contributed by atoms with van der Waals surface area (Å²) in [5.41, 5.74) is 7.05. The van der Waals surface area contributed by atoms with Gasteiger partial charge < -0.3 is 21.1 Å². The van der Waals surface area contributed by atoms with E-state index in [1.165, 1.54) is 22.4 Å². The summed E-state index contributed by atoms with van der Waals surface area (Å²) in [5.74, 6) is -0.482. The van der Waals surface area contributed by atoms with Gasteiger partial charge in [-0.25, -0.2) is 9.78 Å². The number of nitrogens with zero attached hydrogens (tertiary/aromatic N) is 3. The number of piperidine rings is 1. The van der Waals surface area contributed by atoms with Gasteiger partial charge in [0.15, 0.2) is 0 Å². The van der Waals surface area contributed by atoms with E-state index in [1.807, 2.05) is 36.4 Å². The Morgan fingerprint density at radius 1 is 1.33 bits per heavy atom. The molecular weight excluding hydrogens is 402 g/mol. The zero-order chi connectivity index (χ0) is 21.3. The summed E-state index contributed by atoms with van der Waals surface area (Å²) >= 11 is 1.49. The number of benzene rings is 1. The molecule has 1 saturated heterocycles. The molecule has 9 heteroatoms. The maximum absolute atomic E-state index is 11.9. The van der Waals surface area contributed by atoms with Crippen LogP contribution in [0.4, 0.5) is 10.6 Å². The van der Waals surface area contributed by atoms with Crippen molar-refractivity contribution in [2.45, 2.75) is 12.5 Å². The van der Waals surface area contributed by atoms with Crippen LogP contribution < -0.4 is 11.1 Å². The average molecular weight is 421 g/mol. The van der Waals surface area contributed by atoms with Crippen LogP contribution in [0.3, 0.4) is 0 Å². The minimum Gasteiger partial charge on any atom is -0.465 e. The van der Waals surface area contributed by atoms with E-state index in [2.05, 4.69) is 16.4 Å². The number of nitrogens with two attached hydrogens (primary N) is 1. The third kappa shape index (κ3) is 3.65. The molecule has 0 aliphatic carbocycles. The fourth-order valence-electron chi connectivity index (χ4n) is 3.75. The predicted octanol–water partition coefficient (Wildman–Crippen LogP) is 3.10. The summed E-state index contributed by atoms with van der Waals surface area (Å²) in [6.45, 7) is 0.385. The third-order valence-corrected chi connectivity index (χ3v) is 6.52. The highest BCUT2D eigenvalue weighted by Crippen LogP contribution is 2.38. The van der Waals surface area contributed by atoms with Crippen molar-refractivity contribution in [1.82, 2.24) is 9.88 Å². The Labute approximate surface area is 176 Å². The van der Waals surface area contributed by atoms with E-state index in [9.17, 15) is 20.0 Å². The molecule has 1 aliphatic heterocycles. The first-order valence-electron chi connectivity index (χ1n) is 9.39. The quantitative estimate of drug-likeness (QED) is 0.593. The first-order chi connectivity index (χ1) is 14.5. The predicted molar refractivity (Wildman–Crippen MR) is 114 cm³/mol. The highest BCUT2D eigenvalue weighted by molar-refractivity contribution is 7.22. The Morgan fingerprint density at radius 3 is 2.77 bits per heavy atom. The molecule has 2 aromatic heterocycles. The number of pyridine rings is 1. The molecule has 1 aliphatic rings. The van der Waals surface area contributed by atoms with Gasteiger partial charge in [0.05, 0.1) is 22.2 Å². The number of thiophene rings is 1. The highest BCUT2D eigenvalue weighted by Gasteiger charge is 2.35. The third-order valence-electron chi connectivity index (χ3n) is 5.30. The number of nitrogens with one attached hydrogen (secondary N) is 1. The number of hydrogen-bond donors (Lipinski definition) is 3. The van der Waals surface area contributed by atoms with Crippen LogP contribution in [0, 0.1) is 17.2 Å². The van der Waals surface area contributed by atoms with Crippen molar-refractivity contribution in [2.75, 3.05) is 18.4 Å². The van der Waals surface area contributed by atoms with Crippen molar-refractivity contribution in [3.63, 3.8) is 0 Å². The van der Waals surface area contributed by atoms with E-state index < -0.39 is 24.0 Å². The van der Waals surface area contributed by atoms with E-state index in [0.29, 0.717) is 17.8 Å². The van der Waals surface area contributed by atoms with Crippen LogP contribution in [0.5, 0.6) is 0 Å². The number of carboxylic acid groups (broad SMARTS) is 1. The fraction of sp³-hybridized carbons (Fsp3) is 0.238. The number of nitriles is 1. The molecule has 0 radical (unpaired) electrons. The number of rotatable bonds is 4. The summed E-state index contributed by atoms with van der Waals surface area (Å²) in [4.78, 5) is 30.0. The van der Waals surface area contributed by atoms with Crippen molar-refractivity contribution in [3.8, 4) is 16.5 Å². The first kappa shape index (κ1) is 19.7. The lowest BCUT2D eigenvalue weighted by molar-refractivity contribution is -0.123. The van der Waals surface area contributed by atoms with Crippen LogP contribution >= 0.6 is 11.3 Å². The van der Waals surface area contributed by atoms with Crippen LogP contribution in [0.2, 0.25) is 0 Å². The normalized spacial score (nSPS) is 18.7. The number of amides is 2. The van der Waals surface area contributed by atoms with Gasteiger partial charge in [0.1, 0.15) is 11.9 Å². The van der Waals surface area contributed by atoms with E-state index in [1.54, 1.807) is 0 Å². The van der Waals surface area contributed by atoms with Gasteiger partial charge in [-0.3, -0.25) is 4.79 Å². The summed E-state index contributed by atoms with van der Waals surface area (Å²) in [5, 5.41) is 22.8. The van der Waals surface area contributed by atoms with E-state index in [4.69, 9.17) is 5.73 Å². The number of fused-ring (bicyclic) bond motifs is 1. The van der Waals surface area contributed by atoms with Crippen LogP contribution in [-0.4, -0.2) is 46.1 Å². The van der Waals surface area contributed by atoms with Crippen LogP contribution in [0.25, 0.3) is 20.5 Å². The van der Waals surface area contributed by atoms with Crippen molar-refractivity contribution in [1.29, 1.82) is 5.26 Å². The molecule has 152 valence electrons. The second-order valence-corrected chi connectivity index (χ2v) is 8.18. The lowest BCUT2D eigenvalue weighted by Crippen LogP contribution is -2.53. The largest absolute Gasteiger partial charge is 0.465 e. The van der Waals surface area contributed by atoms with Gasteiger partial charge in [0.25, 0.3) is 0 Å². The molecule has 1 fully saturated rings. The Bertz CT molecular complexity index is 1150. The molecule has 0 spiro atoms. The molecular formula is C21H19N5O3S. The second-order valence-electron chi connectivity index (χ2n) is 7.13. The molecule has 0 saturated carbocycles. The van der Waals surface area contributed by atoms with Gasteiger partial charge >= 0.3 is 6.09 Å². The van der Waals surface area contributed by atoms with Crippen LogP contribution in [0.15, 0.2) is 42.6 Å². The molecule has 4 N–H and O–H groups in total. The SMILES string of the molecule is N#Cc1cnc(N[C@@H]2CN(C(=O)O)CC[C@@H]2C(N)=O)c2cc(-c3ccccc3)sc12. The lowest BCUT2D eigenvalue weighted by atomic mass is 9.91. The summed E-state index contributed by atoms with van der Waals surface area (Å²) in [6, 6.07) is 13.4. The maximum Gasteiger partial charge on any atom is 0.407 e. The van der Waals surface area contributed by atoms with Crippen molar-refractivity contribution >= 4 is 39.2 Å². The average Bonchev–Trinajstić information content (AvgIpc) is 3.20. The van der Waals surface area contributed by atoms with Crippen molar-refractivity contribution in [2.24, 2.45) is 11.7 Å². The molecule has 0 bridgehead atoms. The molecule has 30 heavy (non-hydrogen) atoms. The molecule has 4 rings (SSSR count). The van der Waals surface area contributed by atoms with Crippen LogP contribution in [-0.2, 0) is 4.79 Å². The van der Waals surface area contributed by atoms with E-state index in [0.717, 1.165) is 20.5 Å². The number of carbonyl (C=O) groups is 2. The molecule has 2 atom stereocenters. The minimum absolute atomic E-state index is 0.127. The van der Waals surface area contributed by atoms with Gasteiger partial charge in [-0.2, -0.15) is 5.26 Å². The first-order valence-corrected chi connectivity index (χ1v) is 10.2.